The molecule has 0 amide bonds. The summed E-state index contributed by atoms with van der Waals surface area (Å²) in [5.41, 5.74) is 0. The number of rotatable bonds is 41. The van der Waals surface area contributed by atoms with E-state index in [9.17, 15) is 14.2 Å². The average Bonchev–Trinajstić information content (AvgIpc) is 3.12. The van der Waals surface area contributed by atoms with Crippen LogP contribution in [0.3, 0.4) is 0 Å². The lowest BCUT2D eigenvalue weighted by molar-refractivity contribution is -0.870. The molecule has 0 spiro atoms. The Kier molecular flexibility index (Phi) is 36.5. The number of carbonyl (C=O) groups excluding carboxylic acids is 2. The molecule has 0 heterocycles. The van der Waals surface area contributed by atoms with Crippen LogP contribution in [0.15, 0.2) is 12.2 Å². The summed E-state index contributed by atoms with van der Waals surface area (Å²) >= 11 is 0. The SMILES string of the molecule is CCCCCCCC/C=C/CCCCCCCC(=O)O[C@H](COC(=O)CCCCCCCCCCCCCCC)COP(=O)(OCC)OCC[N+](C)(C)C. The van der Waals surface area contributed by atoms with Gasteiger partial charge in [-0.15, -0.1) is 0 Å². The highest BCUT2D eigenvalue weighted by Gasteiger charge is 2.30. The number of hydrogen-bond donors (Lipinski definition) is 0. The fourth-order valence-corrected chi connectivity index (χ4v) is 7.31. The number of likely N-dealkylation sites (N-methyl/N-ethyl adjacent to an activating group) is 1. The van der Waals surface area contributed by atoms with E-state index >= 15 is 0 Å². The molecule has 0 aromatic rings. The van der Waals surface area contributed by atoms with Gasteiger partial charge in [-0.3, -0.25) is 23.2 Å². The quantitative estimate of drug-likeness (QED) is 0.0199. The van der Waals surface area contributed by atoms with E-state index in [1.807, 2.05) is 21.1 Å². The molecule has 320 valence electrons. The van der Waals surface area contributed by atoms with Crippen LogP contribution in [0.4, 0.5) is 0 Å². The van der Waals surface area contributed by atoms with Crippen LogP contribution in [0.1, 0.15) is 201 Å². The minimum atomic E-state index is -3.89. The molecular formula is C44H87NO8P+. The number of unbranched alkanes of at least 4 members (excludes halogenated alkanes) is 23. The third-order valence-electron chi connectivity index (χ3n) is 9.57. The van der Waals surface area contributed by atoms with Gasteiger partial charge in [0.05, 0.1) is 34.4 Å². The molecule has 0 radical (unpaired) electrons. The van der Waals surface area contributed by atoms with Gasteiger partial charge in [-0.25, -0.2) is 4.57 Å². The number of ether oxygens (including phenoxy) is 2. The highest BCUT2D eigenvalue weighted by Crippen LogP contribution is 2.49. The summed E-state index contributed by atoms with van der Waals surface area (Å²) < 4.78 is 41.7. The first-order valence-electron chi connectivity index (χ1n) is 22.4. The van der Waals surface area contributed by atoms with Crippen LogP contribution in [0.25, 0.3) is 0 Å². The molecular weight excluding hydrogens is 701 g/mol. The van der Waals surface area contributed by atoms with Gasteiger partial charge in [-0.2, -0.15) is 0 Å². The first kappa shape index (κ1) is 52.8. The summed E-state index contributed by atoms with van der Waals surface area (Å²) in [5, 5.41) is 0. The Labute approximate surface area is 333 Å². The van der Waals surface area contributed by atoms with Gasteiger partial charge in [0.15, 0.2) is 6.10 Å². The first-order chi connectivity index (χ1) is 26.0. The van der Waals surface area contributed by atoms with E-state index in [2.05, 4.69) is 26.0 Å². The topological polar surface area (TPSA) is 97.4 Å². The normalized spacial score (nSPS) is 13.7. The molecule has 2 atom stereocenters. The largest absolute Gasteiger partial charge is 0.475 e. The minimum Gasteiger partial charge on any atom is -0.462 e. The Morgan fingerprint density at radius 1 is 0.537 bits per heavy atom. The molecule has 0 saturated heterocycles. The molecule has 0 aliphatic heterocycles. The number of esters is 2. The van der Waals surface area contributed by atoms with Crippen molar-refractivity contribution in [3.8, 4) is 0 Å². The molecule has 0 aromatic heterocycles. The van der Waals surface area contributed by atoms with Crippen molar-refractivity contribution in [1.29, 1.82) is 0 Å². The Morgan fingerprint density at radius 2 is 0.963 bits per heavy atom. The van der Waals surface area contributed by atoms with Gasteiger partial charge in [0.2, 0.25) is 0 Å². The molecule has 0 aromatic carbocycles. The lowest BCUT2D eigenvalue weighted by Crippen LogP contribution is -2.37. The Balaban J connectivity index is 4.57. The fraction of sp³-hybridized carbons (Fsp3) is 0.909. The van der Waals surface area contributed by atoms with Gasteiger partial charge < -0.3 is 14.0 Å². The zero-order valence-electron chi connectivity index (χ0n) is 36.2. The number of phosphoric ester groups is 1. The van der Waals surface area contributed by atoms with Gasteiger partial charge in [-0.05, 0) is 45.4 Å². The smallest absolute Gasteiger partial charge is 0.462 e. The van der Waals surface area contributed by atoms with Crippen LogP contribution in [-0.4, -0.2) is 76.6 Å². The van der Waals surface area contributed by atoms with Gasteiger partial charge in [0.1, 0.15) is 19.8 Å². The summed E-state index contributed by atoms with van der Waals surface area (Å²) in [5.74, 6) is -0.713. The number of nitrogens with zero attached hydrogens (tertiary/aromatic N) is 1. The Bertz CT molecular complexity index is 938. The molecule has 54 heavy (non-hydrogen) atoms. The van der Waals surface area contributed by atoms with E-state index in [1.165, 1.54) is 109 Å². The highest BCUT2D eigenvalue weighted by atomic mass is 31.2. The predicted octanol–water partition coefficient (Wildman–Crippen LogP) is 12.8. The van der Waals surface area contributed by atoms with Crippen LogP contribution in [-0.2, 0) is 37.2 Å². The van der Waals surface area contributed by atoms with Gasteiger partial charge in [-0.1, -0.05) is 154 Å². The monoisotopic (exact) mass is 789 g/mol. The highest BCUT2D eigenvalue weighted by molar-refractivity contribution is 7.48. The van der Waals surface area contributed by atoms with Gasteiger partial charge in [0, 0.05) is 12.8 Å². The minimum absolute atomic E-state index is 0.135. The Morgan fingerprint density at radius 3 is 1.41 bits per heavy atom. The van der Waals surface area contributed by atoms with Crippen LogP contribution >= 0.6 is 7.82 Å². The van der Waals surface area contributed by atoms with Crippen LogP contribution in [0, 0.1) is 0 Å². The predicted molar refractivity (Wildman–Crippen MR) is 225 cm³/mol. The maximum absolute atomic E-state index is 13.3. The molecule has 10 heteroatoms. The Hall–Kier alpha value is -1.25. The number of phosphoric acid groups is 1. The summed E-state index contributed by atoms with van der Waals surface area (Å²) in [6.07, 6.45) is 35.8. The lowest BCUT2D eigenvalue weighted by atomic mass is 10.0. The lowest BCUT2D eigenvalue weighted by Gasteiger charge is -2.25. The zero-order chi connectivity index (χ0) is 40.0. The maximum Gasteiger partial charge on any atom is 0.475 e. The van der Waals surface area contributed by atoms with Crippen LogP contribution in [0.5, 0.6) is 0 Å². The molecule has 0 saturated carbocycles. The second-order valence-corrected chi connectivity index (χ2v) is 17.8. The van der Waals surface area contributed by atoms with Crippen molar-refractivity contribution in [2.75, 3.05) is 54.1 Å². The fourth-order valence-electron chi connectivity index (χ4n) is 6.12. The number of quaternary nitrogens is 1. The zero-order valence-corrected chi connectivity index (χ0v) is 37.1. The van der Waals surface area contributed by atoms with Crippen molar-refractivity contribution < 1.29 is 41.7 Å². The van der Waals surface area contributed by atoms with Crippen LogP contribution < -0.4 is 0 Å². The second-order valence-electron chi connectivity index (χ2n) is 16.1. The van der Waals surface area contributed by atoms with E-state index in [0.717, 1.165) is 57.8 Å². The van der Waals surface area contributed by atoms with Gasteiger partial charge >= 0.3 is 19.8 Å². The number of hydrogen-bond acceptors (Lipinski definition) is 8. The summed E-state index contributed by atoms with van der Waals surface area (Å²) in [7, 11) is 2.13. The van der Waals surface area contributed by atoms with E-state index < -0.39 is 13.9 Å². The van der Waals surface area contributed by atoms with Crippen molar-refractivity contribution in [2.45, 2.75) is 207 Å². The molecule has 0 fully saturated rings. The average molecular weight is 789 g/mol. The summed E-state index contributed by atoms with van der Waals surface area (Å²) in [4.78, 5) is 25.4. The second kappa shape index (κ2) is 37.3. The van der Waals surface area contributed by atoms with E-state index in [-0.39, 0.29) is 44.8 Å². The molecule has 1 unspecified atom stereocenters. The van der Waals surface area contributed by atoms with Crippen molar-refractivity contribution in [2.24, 2.45) is 0 Å². The maximum atomic E-state index is 13.3. The van der Waals surface area contributed by atoms with E-state index in [1.54, 1.807) is 6.92 Å². The van der Waals surface area contributed by atoms with Crippen LogP contribution in [0.2, 0.25) is 0 Å². The third kappa shape index (κ3) is 37.7. The van der Waals surface area contributed by atoms with Crippen molar-refractivity contribution in [3.05, 3.63) is 12.2 Å². The number of carbonyl (C=O) groups is 2. The van der Waals surface area contributed by atoms with Crippen molar-refractivity contribution in [3.63, 3.8) is 0 Å². The molecule has 0 bridgehead atoms. The molecule has 9 nitrogen and oxygen atoms in total. The third-order valence-corrected chi connectivity index (χ3v) is 11.1. The molecule has 0 aliphatic rings. The van der Waals surface area contributed by atoms with Crippen molar-refractivity contribution in [1.82, 2.24) is 0 Å². The van der Waals surface area contributed by atoms with Gasteiger partial charge in [0.25, 0.3) is 0 Å². The standard InChI is InChI=1S/C44H87NO8P/c1-7-10-12-14-16-18-20-22-23-25-27-29-31-33-35-37-44(47)53-42(41-52-54(48,50-9-3)51-39-38-45(4,5)6)40-49-43(46)36-34-32-30-28-26-24-21-19-17-15-13-11-8-2/h22-23,42H,7-21,24-41H2,1-6H3/q+1/b23-22+/t42-,54?/m1/s1. The molecule has 0 N–H and O–H groups in total. The van der Waals surface area contributed by atoms with Crippen molar-refractivity contribution >= 4 is 19.8 Å². The summed E-state index contributed by atoms with van der Waals surface area (Å²) in [6.45, 7) is 6.71. The number of allylic oxidation sites excluding steroid dienone is 2. The van der Waals surface area contributed by atoms with E-state index in [0.29, 0.717) is 17.4 Å². The molecule has 0 rings (SSSR count). The first-order valence-corrected chi connectivity index (χ1v) is 23.9. The molecule has 0 aliphatic carbocycles. The summed E-state index contributed by atoms with van der Waals surface area (Å²) in [6, 6.07) is 0. The van der Waals surface area contributed by atoms with E-state index in [4.69, 9.17) is 23.0 Å².